The van der Waals surface area contributed by atoms with E-state index < -0.39 is 15.7 Å². The van der Waals surface area contributed by atoms with E-state index in [9.17, 15) is 12.8 Å². The smallest absolute Gasteiger partial charge is 0.206 e. The summed E-state index contributed by atoms with van der Waals surface area (Å²) in [5, 5.41) is 0. The lowest BCUT2D eigenvalue weighted by Crippen LogP contribution is -2.21. The molecule has 0 amide bonds. The minimum absolute atomic E-state index is 0.00299. The van der Waals surface area contributed by atoms with Gasteiger partial charge in [0, 0.05) is 18.8 Å². The predicted octanol–water partition coefficient (Wildman–Crippen LogP) is 7.43. The summed E-state index contributed by atoms with van der Waals surface area (Å²) in [5.74, 6) is -0.540. The molecule has 3 nitrogen and oxygen atoms in total. The summed E-state index contributed by atoms with van der Waals surface area (Å²) in [6, 6.07) is 10.5. The fourth-order valence-corrected chi connectivity index (χ4v) is 4.86. The summed E-state index contributed by atoms with van der Waals surface area (Å²) in [6.45, 7) is 12.4. The van der Waals surface area contributed by atoms with Crippen molar-refractivity contribution >= 4 is 15.5 Å². The van der Waals surface area contributed by atoms with E-state index in [1.807, 2.05) is 19.9 Å². The van der Waals surface area contributed by atoms with Crippen LogP contribution < -0.4 is 4.90 Å². The number of hydrogen-bond acceptors (Lipinski definition) is 3. The summed E-state index contributed by atoms with van der Waals surface area (Å²) in [4.78, 5) is 2.59. The Labute approximate surface area is 189 Å². The van der Waals surface area contributed by atoms with E-state index in [1.165, 1.54) is 56.7 Å². The molecule has 174 valence electrons. The van der Waals surface area contributed by atoms with Crippen LogP contribution in [0.25, 0.3) is 0 Å². The van der Waals surface area contributed by atoms with E-state index in [-0.39, 0.29) is 9.79 Å². The number of anilines is 1. The molecular weight excluding hydrogens is 409 g/mol. The Balaban J connectivity index is 0.000000884. The normalized spacial score (nSPS) is 12.4. The highest BCUT2D eigenvalue weighted by atomic mass is 32.2. The van der Waals surface area contributed by atoms with E-state index in [4.69, 9.17) is 0 Å². The molecular formula is C26H40FNO2S. The number of fused-ring (bicyclic) bond motifs is 1. The summed E-state index contributed by atoms with van der Waals surface area (Å²) >= 11 is 0. The molecule has 5 heteroatoms. The first-order valence-corrected chi connectivity index (χ1v) is 13.3. The van der Waals surface area contributed by atoms with Crippen molar-refractivity contribution in [2.24, 2.45) is 0 Å². The van der Waals surface area contributed by atoms with Gasteiger partial charge in [-0.3, -0.25) is 0 Å². The molecule has 0 bridgehead atoms. The Morgan fingerprint density at radius 2 is 1.55 bits per heavy atom. The zero-order valence-corrected chi connectivity index (χ0v) is 20.8. The van der Waals surface area contributed by atoms with Crippen LogP contribution in [0.4, 0.5) is 10.1 Å². The molecule has 3 rings (SSSR count). The van der Waals surface area contributed by atoms with Gasteiger partial charge >= 0.3 is 0 Å². The molecule has 1 aliphatic rings. The molecule has 1 aliphatic heterocycles. The maximum atomic E-state index is 13.4. The minimum Gasteiger partial charge on any atom is -0.371 e. The standard InChI is InChI=1S/C21H26FNO2S.C3H8.C2H6/c1-2-3-4-5-6-13-23-14-12-17-15-20(10-11-21(17)23)26(24,25)19-9-7-8-18(22)16-19;1-3-2;1-2/h7-11,15-16H,2-6,12-14H2,1H3;3H2,1-2H3;1-2H3. The molecule has 2 aromatic carbocycles. The van der Waals surface area contributed by atoms with Crippen molar-refractivity contribution < 1.29 is 12.8 Å². The van der Waals surface area contributed by atoms with Crippen molar-refractivity contribution in [3.8, 4) is 0 Å². The highest BCUT2D eigenvalue weighted by molar-refractivity contribution is 7.91. The average Bonchev–Trinajstić information content (AvgIpc) is 3.18. The Bertz CT molecular complexity index is 881. The van der Waals surface area contributed by atoms with Gasteiger partial charge in [0.05, 0.1) is 9.79 Å². The third-order valence-electron chi connectivity index (χ3n) is 4.99. The zero-order chi connectivity index (χ0) is 23.3. The van der Waals surface area contributed by atoms with Gasteiger partial charge in [0.15, 0.2) is 0 Å². The molecule has 31 heavy (non-hydrogen) atoms. The topological polar surface area (TPSA) is 37.4 Å². The zero-order valence-electron chi connectivity index (χ0n) is 20.0. The van der Waals surface area contributed by atoms with Gasteiger partial charge in [0.1, 0.15) is 5.82 Å². The first-order valence-electron chi connectivity index (χ1n) is 11.8. The first-order chi connectivity index (χ1) is 14.9. The van der Waals surface area contributed by atoms with E-state index in [0.717, 1.165) is 36.8 Å². The van der Waals surface area contributed by atoms with Gasteiger partial charge in [-0.05, 0) is 54.8 Å². The molecule has 0 aliphatic carbocycles. The highest BCUT2D eigenvalue weighted by Gasteiger charge is 2.24. The quantitative estimate of drug-likeness (QED) is 0.393. The van der Waals surface area contributed by atoms with Crippen LogP contribution >= 0.6 is 0 Å². The van der Waals surface area contributed by atoms with Gasteiger partial charge in [-0.2, -0.15) is 0 Å². The number of benzene rings is 2. The third-order valence-corrected chi connectivity index (χ3v) is 6.74. The Kier molecular flexibility index (Phi) is 12.5. The molecule has 2 aromatic rings. The van der Waals surface area contributed by atoms with Gasteiger partial charge in [0.25, 0.3) is 0 Å². The van der Waals surface area contributed by atoms with E-state index >= 15 is 0 Å². The van der Waals surface area contributed by atoms with Crippen LogP contribution in [-0.2, 0) is 16.3 Å². The maximum Gasteiger partial charge on any atom is 0.206 e. The number of sulfone groups is 1. The lowest BCUT2D eigenvalue weighted by Gasteiger charge is -2.19. The van der Waals surface area contributed by atoms with Crippen molar-refractivity contribution in [3.05, 3.63) is 53.8 Å². The Morgan fingerprint density at radius 3 is 2.19 bits per heavy atom. The molecule has 0 saturated carbocycles. The van der Waals surface area contributed by atoms with Crippen LogP contribution in [0.3, 0.4) is 0 Å². The summed E-state index contributed by atoms with van der Waals surface area (Å²) in [5.41, 5.74) is 2.20. The van der Waals surface area contributed by atoms with Crippen LogP contribution in [0.15, 0.2) is 52.3 Å². The third kappa shape index (κ3) is 7.95. The molecule has 0 radical (unpaired) electrons. The molecule has 0 unspecified atom stereocenters. The summed E-state index contributed by atoms with van der Waals surface area (Å²) in [7, 11) is -3.69. The van der Waals surface area contributed by atoms with Crippen molar-refractivity contribution in [2.45, 2.75) is 89.4 Å². The number of halogens is 1. The van der Waals surface area contributed by atoms with Crippen molar-refractivity contribution in [1.82, 2.24) is 0 Å². The van der Waals surface area contributed by atoms with Crippen LogP contribution in [0, 0.1) is 5.82 Å². The van der Waals surface area contributed by atoms with Gasteiger partial charge in [-0.1, -0.05) is 72.8 Å². The van der Waals surface area contributed by atoms with Crippen LogP contribution in [0.1, 0.15) is 78.7 Å². The molecule has 0 spiro atoms. The number of rotatable bonds is 8. The first kappa shape index (κ1) is 27.2. The molecule has 0 aromatic heterocycles. The Hall–Kier alpha value is -1.88. The van der Waals surface area contributed by atoms with Crippen molar-refractivity contribution in [3.63, 3.8) is 0 Å². The largest absolute Gasteiger partial charge is 0.371 e. The van der Waals surface area contributed by atoms with Gasteiger partial charge < -0.3 is 4.90 Å². The van der Waals surface area contributed by atoms with Crippen LogP contribution in [-0.4, -0.2) is 21.5 Å². The lowest BCUT2D eigenvalue weighted by atomic mass is 10.1. The molecule has 0 fully saturated rings. The molecule has 0 atom stereocenters. The fraction of sp³-hybridized carbons (Fsp3) is 0.538. The van der Waals surface area contributed by atoms with E-state index in [2.05, 4.69) is 25.7 Å². The van der Waals surface area contributed by atoms with Crippen molar-refractivity contribution in [1.29, 1.82) is 0 Å². The number of unbranched alkanes of at least 4 members (excludes halogenated alkanes) is 4. The Morgan fingerprint density at radius 1 is 0.903 bits per heavy atom. The second-order valence-corrected chi connectivity index (χ2v) is 9.56. The summed E-state index contributed by atoms with van der Waals surface area (Å²) in [6.07, 6.45) is 8.33. The second-order valence-electron chi connectivity index (χ2n) is 7.61. The lowest BCUT2D eigenvalue weighted by molar-refractivity contribution is 0.591. The van der Waals surface area contributed by atoms with Crippen LogP contribution in [0.5, 0.6) is 0 Å². The summed E-state index contributed by atoms with van der Waals surface area (Å²) < 4.78 is 38.9. The maximum absolute atomic E-state index is 13.4. The second kappa shape index (κ2) is 14.2. The van der Waals surface area contributed by atoms with Crippen LogP contribution in [0.2, 0.25) is 0 Å². The van der Waals surface area contributed by atoms with Gasteiger partial charge in [0.2, 0.25) is 9.84 Å². The van der Waals surface area contributed by atoms with E-state index in [1.54, 1.807) is 12.1 Å². The monoisotopic (exact) mass is 449 g/mol. The van der Waals surface area contributed by atoms with Gasteiger partial charge in [-0.25, -0.2) is 12.8 Å². The SMILES string of the molecule is CC.CCC.CCCCCCCN1CCc2cc(S(=O)(=O)c3cccc(F)c3)ccc21. The van der Waals surface area contributed by atoms with Crippen molar-refractivity contribution in [2.75, 3.05) is 18.0 Å². The molecule has 1 heterocycles. The highest BCUT2D eigenvalue weighted by Crippen LogP contribution is 2.32. The average molecular weight is 450 g/mol. The number of nitrogens with zero attached hydrogens (tertiary/aromatic N) is 1. The van der Waals surface area contributed by atoms with E-state index in [0.29, 0.717) is 0 Å². The predicted molar refractivity (Wildman–Crippen MR) is 130 cm³/mol. The molecule has 0 N–H and O–H groups in total. The molecule has 0 saturated heterocycles. The minimum atomic E-state index is -3.69. The number of hydrogen-bond donors (Lipinski definition) is 0. The fourth-order valence-electron chi connectivity index (χ4n) is 3.52. The van der Waals surface area contributed by atoms with Gasteiger partial charge in [-0.15, -0.1) is 0 Å².